The van der Waals surface area contributed by atoms with Gasteiger partial charge in [-0.3, -0.25) is 0 Å². The van der Waals surface area contributed by atoms with Crippen LogP contribution in [0.15, 0.2) is 41.3 Å². The number of rotatable bonds is 18. The fourth-order valence-corrected chi connectivity index (χ4v) is 5.52. The zero-order valence-electron chi connectivity index (χ0n) is 19.7. The highest BCUT2D eigenvalue weighted by Gasteiger charge is 2.16. The second-order valence-electron chi connectivity index (χ2n) is 9.02. The van der Waals surface area contributed by atoms with Gasteiger partial charge in [0.1, 0.15) is 5.75 Å². The molecule has 0 aromatic heterocycles. The molecule has 1 N–H and O–H groups in total. The minimum atomic E-state index is -1.12. The van der Waals surface area contributed by atoms with Crippen molar-refractivity contribution in [1.29, 1.82) is 0 Å². The average molecular weight is 445 g/mol. The first-order valence-electron chi connectivity index (χ1n) is 12.8. The predicted molar refractivity (Wildman–Crippen MR) is 136 cm³/mol. The smallest absolute Gasteiger partial charge is 0.194 e. The van der Waals surface area contributed by atoms with Crippen LogP contribution >= 0.6 is 0 Å². The number of hydrogen-bond acceptors (Lipinski definition) is 2. The Bertz CT molecular complexity index is 715. The number of hydrogen-bond donors (Lipinski definition) is 1. The van der Waals surface area contributed by atoms with E-state index in [4.69, 9.17) is 0 Å². The van der Waals surface area contributed by atoms with Crippen molar-refractivity contribution in [2.75, 3.05) is 5.75 Å². The number of unbranched alkanes of at least 4 members (excludes halogenated alkanes) is 15. The molecule has 0 radical (unpaired) electrons. The van der Waals surface area contributed by atoms with Crippen LogP contribution in [-0.2, 0) is 11.2 Å². The maximum Gasteiger partial charge on any atom is 0.194 e. The Hall–Kier alpha value is -1.19. The molecule has 1 atom stereocenters. The van der Waals surface area contributed by atoms with Crippen LogP contribution in [0.1, 0.15) is 110 Å². The van der Waals surface area contributed by atoms with Crippen LogP contribution < -0.4 is 0 Å². The third kappa shape index (κ3) is 10.8. The standard InChI is InChI=1S/C28H44O2S/c1-2-3-4-5-6-7-8-9-10-11-12-13-14-15-16-19-22-31(30)28-24-26-21-18-17-20-25(26)23-27(28)29/h17-18,20-21,23-24,29H,2-16,19,22H2,1H3. The lowest BCUT2D eigenvalue weighted by Gasteiger charge is -2.12. The largest absolute Gasteiger partial charge is 0.611 e. The molecule has 2 nitrogen and oxygen atoms in total. The summed E-state index contributed by atoms with van der Waals surface area (Å²) in [6, 6.07) is 11.5. The first-order valence-corrected chi connectivity index (χ1v) is 14.1. The van der Waals surface area contributed by atoms with Crippen molar-refractivity contribution in [3.63, 3.8) is 0 Å². The first kappa shape index (κ1) is 26.1. The van der Waals surface area contributed by atoms with Crippen LogP contribution in [0, 0.1) is 0 Å². The van der Waals surface area contributed by atoms with E-state index in [-0.39, 0.29) is 5.75 Å². The predicted octanol–water partition coefficient (Wildman–Crippen LogP) is 8.91. The molecule has 0 heterocycles. The van der Waals surface area contributed by atoms with Gasteiger partial charge in [-0.2, -0.15) is 0 Å². The van der Waals surface area contributed by atoms with Gasteiger partial charge in [0.25, 0.3) is 0 Å². The van der Waals surface area contributed by atoms with Crippen molar-refractivity contribution < 1.29 is 9.66 Å². The SMILES string of the molecule is CCCCCCCCCCCCCCCCCC[S+]([O-])c1cc2ccccc2cc1O. The number of phenolic OH excluding ortho intramolecular Hbond substituents is 1. The summed E-state index contributed by atoms with van der Waals surface area (Å²) in [7, 11) is 0. The van der Waals surface area contributed by atoms with E-state index < -0.39 is 11.2 Å². The molecule has 0 spiro atoms. The summed E-state index contributed by atoms with van der Waals surface area (Å²) < 4.78 is 12.6. The molecule has 2 aromatic carbocycles. The molecular weight excluding hydrogens is 400 g/mol. The molecule has 0 saturated carbocycles. The zero-order chi connectivity index (χ0) is 22.2. The van der Waals surface area contributed by atoms with E-state index in [1.807, 2.05) is 30.3 Å². The molecule has 0 fully saturated rings. The van der Waals surface area contributed by atoms with Gasteiger partial charge in [-0.1, -0.05) is 121 Å². The molecule has 0 aliphatic heterocycles. The lowest BCUT2D eigenvalue weighted by molar-refractivity contribution is 0.459. The fourth-order valence-electron chi connectivity index (χ4n) is 4.28. The summed E-state index contributed by atoms with van der Waals surface area (Å²) in [6.45, 7) is 2.28. The molecule has 2 rings (SSSR count). The summed E-state index contributed by atoms with van der Waals surface area (Å²) in [4.78, 5) is 0.583. The van der Waals surface area contributed by atoms with E-state index in [1.54, 1.807) is 6.07 Å². The van der Waals surface area contributed by atoms with Crippen molar-refractivity contribution in [3.05, 3.63) is 36.4 Å². The van der Waals surface area contributed by atoms with Crippen LogP contribution in [0.4, 0.5) is 0 Å². The van der Waals surface area contributed by atoms with Crippen LogP contribution in [0.5, 0.6) is 5.75 Å². The van der Waals surface area contributed by atoms with E-state index in [9.17, 15) is 9.66 Å². The van der Waals surface area contributed by atoms with Crippen LogP contribution in [0.25, 0.3) is 10.8 Å². The third-order valence-corrected chi connectivity index (χ3v) is 7.73. The normalized spacial score (nSPS) is 12.5. The van der Waals surface area contributed by atoms with E-state index in [0.29, 0.717) is 10.6 Å². The Morgan fingerprint density at radius 3 is 1.55 bits per heavy atom. The van der Waals surface area contributed by atoms with Crippen LogP contribution in [-0.4, -0.2) is 15.4 Å². The maximum absolute atomic E-state index is 12.6. The van der Waals surface area contributed by atoms with Gasteiger partial charge >= 0.3 is 0 Å². The Kier molecular flexibility index (Phi) is 13.8. The van der Waals surface area contributed by atoms with Crippen molar-refractivity contribution in [1.82, 2.24) is 0 Å². The Labute approximate surface area is 194 Å². The molecule has 0 saturated heterocycles. The molecule has 0 bridgehead atoms. The molecule has 0 amide bonds. The summed E-state index contributed by atoms with van der Waals surface area (Å²) in [5, 5.41) is 12.2. The van der Waals surface area contributed by atoms with Gasteiger partial charge in [0, 0.05) is 6.07 Å². The average Bonchev–Trinajstić information content (AvgIpc) is 2.78. The zero-order valence-corrected chi connectivity index (χ0v) is 20.6. The molecular formula is C28H44O2S. The maximum atomic E-state index is 12.6. The fraction of sp³-hybridized carbons (Fsp3) is 0.643. The summed E-state index contributed by atoms with van der Waals surface area (Å²) in [5.74, 6) is 0.804. The molecule has 3 heteroatoms. The number of aromatic hydroxyl groups is 1. The van der Waals surface area contributed by atoms with Gasteiger partial charge in [-0.15, -0.1) is 0 Å². The highest BCUT2D eigenvalue weighted by Crippen LogP contribution is 2.30. The van der Waals surface area contributed by atoms with Gasteiger partial charge in [0.05, 0.1) is 0 Å². The van der Waals surface area contributed by atoms with Gasteiger partial charge in [0.2, 0.25) is 0 Å². The highest BCUT2D eigenvalue weighted by molar-refractivity contribution is 7.91. The Morgan fingerprint density at radius 1 is 0.645 bits per heavy atom. The molecule has 0 aliphatic carbocycles. The van der Waals surface area contributed by atoms with Crippen LogP contribution in [0.3, 0.4) is 0 Å². The summed E-state index contributed by atoms with van der Waals surface area (Å²) in [6.07, 6.45) is 21.5. The summed E-state index contributed by atoms with van der Waals surface area (Å²) >= 11 is -1.12. The molecule has 31 heavy (non-hydrogen) atoms. The van der Waals surface area contributed by atoms with Crippen molar-refractivity contribution in [2.24, 2.45) is 0 Å². The van der Waals surface area contributed by atoms with E-state index >= 15 is 0 Å². The molecule has 174 valence electrons. The number of phenols is 1. The first-order chi connectivity index (χ1) is 15.2. The van der Waals surface area contributed by atoms with Gasteiger partial charge in [0.15, 0.2) is 10.6 Å². The Balaban J connectivity index is 1.43. The van der Waals surface area contributed by atoms with Crippen LogP contribution in [0.2, 0.25) is 0 Å². The minimum absolute atomic E-state index is 0.161. The Morgan fingerprint density at radius 2 is 1.06 bits per heavy atom. The number of benzene rings is 2. The lowest BCUT2D eigenvalue weighted by atomic mass is 10.0. The number of fused-ring (bicyclic) bond motifs is 1. The summed E-state index contributed by atoms with van der Waals surface area (Å²) in [5.41, 5.74) is 0. The second kappa shape index (κ2) is 16.4. The van der Waals surface area contributed by atoms with Crippen molar-refractivity contribution >= 4 is 21.9 Å². The van der Waals surface area contributed by atoms with Gasteiger partial charge < -0.3 is 9.66 Å². The van der Waals surface area contributed by atoms with Gasteiger partial charge in [-0.25, -0.2) is 0 Å². The van der Waals surface area contributed by atoms with Gasteiger partial charge in [-0.05, 0) is 40.9 Å². The lowest BCUT2D eigenvalue weighted by Crippen LogP contribution is -2.07. The molecule has 1 unspecified atom stereocenters. The third-order valence-electron chi connectivity index (χ3n) is 6.26. The monoisotopic (exact) mass is 444 g/mol. The van der Waals surface area contributed by atoms with E-state index in [1.165, 1.54) is 89.9 Å². The van der Waals surface area contributed by atoms with E-state index in [0.717, 1.165) is 23.6 Å². The molecule has 2 aromatic rings. The highest BCUT2D eigenvalue weighted by atomic mass is 32.2. The minimum Gasteiger partial charge on any atom is -0.611 e. The topological polar surface area (TPSA) is 43.3 Å². The van der Waals surface area contributed by atoms with E-state index in [2.05, 4.69) is 6.92 Å². The van der Waals surface area contributed by atoms with Crippen molar-refractivity contribution in [2.45, 2.75) is 115 Å². The van der Waals surface area contributed by atoms with Crippen molar-refractivity contribution in [3.8, 4) is 5.75 Å². The molecule has 0 aliphatic rings. The quantitative estimate of drug-likeness (QED) is 0.184. The second-order valence-corrected chi connectivity index (χ2v) is 10.6.